The Morgan fingerprint density at radius 1 is 0.408 bits per heavy atom. The van der Waals surface area contributed by atoms with E-state index in [1.54, 1.807) is 54.6 Å². The van der Waals surface area contributed by atoms with Crippen LogP contribution in [0.3, 0.4) is 0 Å². The first-order valence-corrected chi connectivity index (χ1v) is 40.2. The number of hydrogen-bond acceptors (Lipinski definition) is 30. The second kappa shape index (κ2) is 42.9. The van der Waals surface area contributed by atoms with Gasteiger partial charge in [-0.3, -0.25) is 29.1 Å². The maximum Gasteiger partial charge on any atom is 0.271 e. The number of nitrogens with two attached hydrogens (primary N) is 3. The van der Waals surface area contributed by atoms with Gasteiger partial charge in [0.2, 0.25) is 0 Å². The Morgan fingerprint density at radius 3 is 0.942 bits per heavy atom. The van der Waals surface area contributed by atoms with Crippen LogP contribution in [0.5, 0.6) is 17.2 Å². The third-order valence-electron chi connectivity index (χ3n) is 21.6. The van der Waals surface area contributed by atoms with Crippen molar-refractivity contribution in [3.05, 3.63) is 88.8 Å². The summed E-state index contributed by atoms with van der Waals surface area (Å²) < 4.78 is 317. The predicted octanol–water partition coefficient (Wildman–Crippen LogP) is 8.09. The van der Waals surface area contributed by atoms with Crippen molar-refractivity contribution in [1.29, 1.82) is 0 Å². The quantitative estimate of drug-likeness (QED) is 0.0235. The van der Waals surface area contributed by atoms with Gasteiger partial charge < -0.3 is 107 Å². The fourth-order valence-electron chi connectivity index (χ4n) is 15.1. The lowest BCUT2D eigenvalue weighted by molar-refractivity contribution is 0.0902. The van der Waals surface area contributed by atoms with Gasteiger partial charge in [0, 0.05) is 275 Å². The summed E-state index contributed by atoms with van der Waals surface area (Å²) in [5.41, 5.74) is 20.2. The van der Waals surface area contributed by atoms with E-state index in [2.05, 4.69) is 56.8 Å². The number of carbonyl (C=O) groups is 3. The summed E-state index contributed by atoms with van der Waals surface area (Å²) in [6.07, 6.45) is 1.70. The van der Waals surface area contributed by atoms with E-state index >= 15 is 0 Å². The minimum absolute atomic E-state index is 0.0162. The molecule has 33 heteroatoms. The van der Waals surface area contributed by atoms with E-state index in [9.17, 15) is 14.4 Å². The number of aromatic nitrogens is 6. The smallest absolute Gasteiger partial charge is 0.271 e. The van der Waals surface area contributed by atoms with Gasteiger partial charge >= 0.3 is 0 Å². The molecule has 120 heavy (non-hydrogen) atoms. The van der Waals surface area contributed by atoms with Crippen molar-refractivity contribution >= 4 is 86.8 Å². The average Bonchev–Trinajstić information content (AvgIpc) is 0.681. The van der Waals surface area contributed by atoms with Crippen LogP contribution in [0.4, 0.5) is 69.0 Å². The molecule has 0 aliphatic carbocycles. The SMILES string of the molecule is [2H]C([2H])(C)c1nc(C(N)=O)c(Nc2ccc(N3CCC(N4C([2H])([2H])C([2H])([2H])N(C([2H])([2H])[2H])C([2H])([2H])C4([2H])[2H])CC3)c(OC)c2)nc1NC1CCOCC1.[2H]C([2H])(C)c1nc(C(N)=O)c(Nc2ccc(N3CCC(N4C([2H])([2H])C([2H])([2H])N(C)C([2H])([2H])C4([2H])[2H])CC3)c(OC)c2)nc1NC1CCOCC1.[2H]C([2H])([2H])N1C([2H])([2H])C([2H])([2H])N(C2CCN(c3ccc(Nc4nc(NC5CCOCC5)c(CC)nc4C(N)=O)cc3OC)CC2)C([2H])([2H])C1([2H])[2H]. The van der Waals surface area contributed by atoms with E-state index in [0.717, 1.165) is 24.8 Å². The number of likely N-dealkylation sites (N-methyl/N-ethyl adjacent to an activating group) is 3. The molecule has 0 unspecified atom stereocenters. The van der Waals surface area contributed by atoms with Crippen LogP contribution in [0, 0.1) is 0 Å². The largest absolute Gasteiger partial charge is 0.495 e. The number of anilines is 12. The molecule has 0 atom stereocenters. The molecule has 12 N–H and O–H groups in total. The maximum absolute atomic E-state index is 12.5. The number of benzene rings is 3. The van der Waals surface area contributed by atoms with E-state index in [4.69, 9.17) is 97.2 Å². The van der Waals surface area contributed by atoms with Crippen LogP contribution in [-0.4, -0.2) is 312 Å². The van der Waals surface area contributed by atoms with E-state index in [1.165, 1.54) is 35.2 Å². The van der Waals surface area contributed by atoms with Crippen LogP contribution in [0.25, 0.3) is 0 Å². The van der Waals surface area contributed by atoms with Gasteiger partial charge in [0.05, 0.1) is 55.5 Å². The molecule has 3 aromatic carbocycles. The van der Waals surface area contributed by atoms with Crippen LogP contribution < -0.4 is 78.0 Å². The van der Waals surface area contributed by atoms with Gasteiger partial charge in [-0.25, -0.2) is 29.9 Å². The lowest BCUT2D eigenvalue weighted by Gasteiger charge is -2.42. The zero-order valence-electron chi connectivity index (χ0n) is 102. The second-order valence-corrected chi connectivity index (χ2v) is 29.4. The molecular weight excluding hydrogens is 1530 g/mol. The molecule has 0 radical (unpaired) electrons. The Kier molecular flexibility index (Phi) is 19.3. The van der Waals surface area contributed by atoms with Gasteiger partial charge in [0.1, 0.15) is 17.2 Å². The molecule has 6 aromatic rings. The van der Waals surface area contributed by atoms with Crippen molar-refractivity contribution in [3.63, 3.8) is 0 Å². The van der Waals surface area contributed by atoms with Gasteiger partial charge in [0.15, 0.2) is 52.0 Å². The monoisotopic (exact) mass is 1690 g/mol. The summed E-state index contributed by atoms with van der Waals surface area (Å²) in [5.74, 6) is -0.309. The van der Waals surface area contributed by atoms with Gasteiger partial charge in [-0.1, -0.05) is 20.8 Å². The van der Waals surface area contributed by atoms with Crippen molar-refractivity contribution in [2.45, 2.75) is 153 Å². The van der Waals surface area contributed by atoms with E-state index < -0.39 is 141 Å². The molecule has 0 bridgehead atoms. The number of nitrogens with zero attached hydrogens (tertiary/aromatic N) is 15. The zero-order valence-corrected chi connectivity index (χ0v) is 68.5. The van der Waals surface area contributed by atoms with Crippen LogP contribution >= 0.6 is 0 Å². The third kappa shape index (κ3) is 23.0. The minimum atomic E-state index is -3.48. The lowest BCUT2D eigenvalue weighted by atomic mass is 10.0. The second-order valence-electron chi connectivity index (χ2n) is 29.4. The van der Waals surface area contributed by atoms with E-state index in [-0.39, 0.29) is 150 Å². The third-order valence-corrected chi connectivity index (χ3v) is 21.6. The zero-order chi connectivity index (χ0) is 114. The molecule has 15 rings (SSSR count). The highest BCUT2D eigenvalue weighted by molar-refractivity contribution is 5.98. The summed E-state index contributed by atoms with van der Waals surface area (Å²) in [6, 6.07) is 12.6. The highest BCUT2D eigenvalue weighted by Crippen LogP contribution is 2.40. The molecule has 9 fully saturated rings. The van der Waals surface area contributed by atoms with Crippen LogP contribution in [0.1, 0.15) is 193 Å². The Bertz CT molecular complexity index is 5900. The highest BCUT2D eigenvalue weighted by atomic mass is 16.5. The van der Waals surface area contributed by atoms with Gasteiger partial charge in [0.25, 0.3) is 17.7 Å². The fraction of sp³-hybridized carbons (Fsp3) is 0.621. The molecular formula is C87H132N24O9. The van der Waals surface area contributed by atoms with Crippen molar-refractivity contribution in [3.8, 4) is 17.2 Å². The number of methoxy groups -OCH3 is 3. The molecule has 0 spiro atoms. The molecule has 3 amide bonds. The predicted molar refractivity (Wildman–Crippen MR) is 474 cm³/mol. The molecule has 9 aliphatic rings. The number of nitrogens with one attached hydrogen (secondary N) is 6. The first-order valence-electron chi connectivity index (χ1n) is 57.2. The summed E-state index contributed by atoms with van der Waals surface area (Å²) >= 11 is 0. The molecule has 9 aliphatic heterocycles. The normalized spacial score (nSPS) is 29.6. The lowest BCUT2D eigenvalue weighted by Crippen LogP contribution is -2.52. The molecule has 654 valence electrons. The highest BCUT2D eigenvalue weighted by Gasteiger charge is 2.34. The summed E-state index contributed by atoms with van der Waals surface area (Å²) in [4.78, 5) is 71.8. The van der Waals surface area contributed by atoms with Gasteiger partial charge in [-0.15, -0.1) is 0 Å². The standard InChI is InChI=1S/3C29H44N8O3/c3*1-4-23-28(31-20-9-17-40-18-10-20)34-29(26(33-23)27(30)38)32-21-5-6-24(25(19-21)39-3)37-11-7-22(8-12-37)36-15-13-35(2)14-16-36/h3*5-6,19-20,22H,4,7-18H2,1-3H3,(H2,30,38)(H2,31,32,34)/i2D3,4D2,13D2,14D2,15D2,16D2;4D2,13D2,14D2,15D2,16D2;2D3,13D2,14D2,15D2,16D2. The van der Waals surface area contributed by atoms with Crippen molar-refractivity contribution in [1.82, 2.24) is 59.3 Å². The van der Waals surface area contributed by atoms with Gasteiger partial charge in [-0.2, -0.15) is 0 Å². The number of carbonyl (C=O) groups excluding carboxylic acids is 3. The molecule has 12 heterocycles. The number of primary amides is 3. The molecule has 33 nitrogen and oxygen atoms in total. The van der Waals surface area contributed by atoms with E-state index in [1.807, 2.05) is 21.6 Å². The Hall–Kier alpha value is -9.45. The summed E-state index contributed by atoms with van der Waals surface area (Å²) in [5, 5.41) is 19.2. The number of rotatable bonds is 27. The number of amides is 3. The summed E-state index contributed by atoms with van der Waals surface area (Å²) in [7, 11) is 5.45. The van der Waals surface area contributed by atoms with Gasteiger partial charge in [-0.05, 0) is 154 Å². The minimum Gasteiger partial charge on any atom is -0.495 e. The van der Waals surface area contributed by atoms with Crippen molar-refractivity contribution in [2.75, 3.05) is 246 Å². The van der Waals surface area contributed by atoms with Crippen molar-refractivity contribution in [2.24, 2.45) is 17.2 Å². The van der Waals surface area contributed by atoms with Crippen molar-refractivity contribution < 1.29 is 89.4 Å². The van der Waals surface area contributed by atoms with Crippen LogP contribution in [0.15, 0.2) is 54.6 Å². The number of ether oxygens (including phenoxy) is 6. The Labute approximate surface area is 756 Å². The van der Waals surface area contributed by atoms with Crippen LogP contribution in [-0.2, 0) is 33.4 Å². The first-order chi connectivity index (χ1) is 71.2. The Balaban J connectivity index is 0.000000192. The fourth-order valence-corrected chi connectivity index (χ4v) is 15.1. The average molecular weight is 1690 g/mol. The number of piperazine rings is 3. The number of aryl methyl sites for hydroxylation is 3. The number of hydrogen-bond donors (Lipinski definition) is 9. The Morgan fingerprint density at radius 2 is 0.683 bits per heavy atom. The van der Waals surface area contributed by atoms with Crippen LogP contribution in [0.2, 0.25) is 0 Å². The summed E-state index contributed by atoms with van der Waals surface area (Å²) in [6.45, 7) is -35.4. The first kappa shape index (κ1) is 54.1. The maximum atomic E-state index is 12.5. The number of piperidine rings is 3. The van der Waals surface area contributed by atoms with E-state index in [0.29, 0.717) is 162 Å². The molecule has 9 saturated heterocycles. The molecule has 3 aromatic heterocycles. The molecule has 0 saturated carbocycles. The topological polar surface area (TPSA) is 363 Å².